The van der Waals surface area contributed by atoms with Crippen LogP contribution >= 0.6 is 0 Å². The quantitative estimate of drug-likeness (QED) is 0.432. The highest BCUT2D eigenvalue weighted by Gasteiger charge is 2.39. The average molecular weight is 546 g/mol. The summed E-state index contributed by atoms with van der Waals surface area (Å²) in [5.74, 6) is 0.481. The number of ketones is 1. The third-order valence-corrected chi connectivity index (χ3v) is 8.10. The van der Waals surface area contributed by atoms with Gasteiger partial charge in [-0.2, -0.15) is 0 Å². The fourth-order valence-corrected chi connectivity index (χ4v) is 6.19. The molecule has 1 saturated heterocycles. The number of aromatic nitrogens is 2. The van der Waals surface area contributed by atoms with Crippen LogP contribution in [0.4, 0.5) is 11.4 Å². The van der Waals surface area contributed by atoms with Crippen molar-refractivity contribution >= 4 is 34.1 Å². The molecule has 212 valence electrons. The molecule has 0 radical (unpaired) electrons. The van der Waals surface area contributed by atoms with E-state index in [1.54, 1.807) is 19.4 Å². The number of anilines is 2. The number of carbonyl (C=O) groups excluding carboxylic acids is 2. The lowest BCUT2D eigenvalue weighted by Crippen LogP contribution is -2.41. The van der Waals surface area contributed by atoms with Crippen LogP contribution in [0.2, 0.25) is 0 Å². The zero-order valence-corrected chi connectivity index (χ0v) is 24.0. The molecule has 9 heteroatoms. The first-order valence-electron chi connectivity index (χ1n) is 13.9. The van der Waals surface area contributed by atoms with Crippen LogP contribution in [0, 0.1) is 11.3 Å². The second kappa shape index (κ2) is 10.8. The Morgan fingerprint density at radius 1 is 1.23 bits per heavy atom. The lowest BCUT2D eigenvalue weighted by molar-refractivity contribution is -0.139. The van der Waals surface area contributed by atoms with E-state index in [1.807, 2.05) is 42.3 Å². The van der Waals surface area contributed by atoms with Crippen LogP contribution in [0.25, 0.3) is 11.0 Å². The maximum Gasteiger partial charge on any atom is 0.226 e. The molecule has 1 aliphatic carbocycles. The molecule has 1 aromatic carbocycles. The van der Waals surface area contributed by atoms with Gasteiger partial charge in [-0.3, -0.25) is 14.6 Å². The van der Waals surface area contributed by atoms with Crippen molar-refractivity contribution in [1.82, 2.24) is 14.9 Å². The fraction of sp³-hybridized carbons (Fsp3) is 0.484. The minimum Gasteiger partial charge on any atom is -0.481 e. The van der Waals surface area contributed by atoms with E-state index in [1.165, 1.54) is 0 Å². The summed E-state index contributed by atoms with van der Waals surface area (Å²) in [7, 11) is 3.44. The summed E-state index contributed by atoms with van der Waals surface area (Å²) in [5, 5.41) is 3.51. The predicted octanol–water partition coefficient (Wildman–Crippen LogP) is 4.87. The largest absolute Gasteiger partial charge is 0.481 e. The summed E-state index contributed by atoms with van der Waals surface area (Å²) >= 11 is 0. The summed E-state index contributed by atoms with van der Waals surface area (Å²) in [6.07, 6.45) is 3.94. The number of hydrogen-bond acceptors (Lipinski definition) is 8. The van der Waals surface area contributed by atoms with Gasteiger partial charge in [0, 0.05) is 49.7 Å². The van der Waals surface area contributed by atoms with E-state index in [4.69, 9.17) is 20.2 Å². The number of nitrogens with one attached hydrogen (secondary N) is 1. The minimum atomic E-state index is -0.717. The van der Waals surface area contributed by atoms with E-state index >= 15 is 0 Å². The molecule has 0 unspecified atom stereocenters. The molecule has 1 amide bonds. The van der Waals surface area contributed by atoms with E-state index in [0.29, 0.717) is 50.3 Å². The van der Waals surface area contributed by atoms with Crippen LogP contribution in [0.15, 0.2) is 42.6 Å². The fourth-order valence-electron chi connectivity index (χ4n) is 6.19. The van der Waals surface area contributed by atoms with Gasteiger partial charge in [0.05, 0.1) is 48.2 Å². The van der Waals surface area contributed by atoms with Gasteiger partial charge in [0.2, 0.25) is 11.8 Å². The minimum absolute atomic E-state index is 0.0369. The smallest absolute Gasteiger partial charge is 0.226 e. The predicted molar refractivity (Wildman–Crippen MR) is 154 cm³/mol. The number of Topliss-reactive ketones (excluding diaryl/α,β-unsaturated/α-hetero) is 1. The van der Waals surface area contributed by atoms with Crippen molar-refractivity contribution in [1.29, 1.82) is 0 Å². The average Bonchev–Trinajstić information content (AvgIpc) is 3.56. The summed E-state index contributed by atoms with van der Waals surface area (Å²) in [6.45, 7) is 7.36. The standard InChI is InChI=1S/C31H39N5O4/c1-30(2,3)28(36(4)29(38)20-8-11-22(37)16-20)19-6-9-21(10-7-19)34-24-17-33-23-12-13-25(39-5)35-27(23)26(24)31(32)14-15-40-18-31/h6-7,9-10,12-13,17,20,28,34H,8,11,14-16,18,32H2,1-5H3/t20-,28+,31+/m1/s1. The highest BCUT2D eigenvalue weighted by atomic mass is 16.5. The first-order valence-corrected chi connectivity index (χ1v) is 13.9. The van der Waals surface area contributed by atoms with E-state index in [-0.39, 0.29) is 29.1 Å². The second-order valence-electron chi connectivity index (χ2n) is 12.2. The second-order valence-corrected chi connectivity index (χ2v) is 12.2. The van der Waals surface area contributed by atoms with Gasteiger partial charge in [0.1, 0.15) is 5.78 Å². The van der Waals surface area contributed by atoms with Gasteiger partial charge in [-0.1, -0.05) is 32.9 Å². The number of amides is 1. The molecular formula is C31H39N5O4. The lowest BCUT2D eigenvalue weighted by atomic mass is 9.81. The molecule has 0 spiro atoms. The summed E-state index contributed by atoms with van der Waals surface area (Å²) < 4.78 is 11.1. The molecule has 5 rings (SSSR count). The maximum absolute atomic E-state index is 13.3. The Kier molecular flexibility index (Phi) is 7.54. The molecule has 2 aliphatic rings. The van der Waals surface area contributed by atoms with Crippen LogP contribution < -0.4 is 15.8 Å². The zero-order chi connectivity index (χ0) is 28.7. The van der Waals surface area contributed by atoms with Gasteiger partial charge < -0.3 is 25.4 Å². The number of fused-ring (bicyclic) bond motifs is 1. The van der Waals surface area contributed by atoms with Crippen LogP contribution in [0.3, 0.4) is 0 Å². The lowest BCUT2D eigenvalue weighted by Gasteiger charge is -2.39. The molecule has 40 heavy (non-hydrogen) atoms. The monoisotopic (exact) mass is 545 g/mol. The third-order valence-electron chi connectivity index (χ3n) is 8.10. The SMILES string of the molecule is COc1ccc2ncc(Nc3ccc([C@H](N(C)C(=O)[C@@H]4CCC(=O)C4)C(C)(C)C)cc3)c([C@]3(N)CCOC3)c2n1. The molecule has 2 fully saturated rings. The Bertz CT molecular complexity index is 1410. The van der Waals surface area contributed by atoms with E-state index in [0.717, 1.165) is 28.0 Å². The van der Waals surface area contributed by atoms with Crippen LogP contribution in [0.5, 0.6) is 5.88 Å². The molecule has 3 aromatic rings. The van der Waals surface area contributed by atoms with Gasteiger partial charge in [0.15, 0.2) is 0 Å². The Balaban J connectivity index is 1.46. The van der Waals surface area contributed by atoms with Gasteiger partial charge in [-0.15, -0.1) is 0 Å². The number of rotatable bonds is 7. The molecule has 9 nitrogen and oxygen atoms in total. The first kappa shape index (κ1) is 28.0. The van der Waals surface area contributed by atoms with Crippen molar-refractivity contribution in [3.8, 4) is 5.88 Å². The molecule has 2 aromatic heterocycles. The highest BCUT2D eigenvalue weighted by Crippen LogP contribution is 2.41. The van der Waals surface area contributed by atoms with Crippen molar-refractivity contribution in [2.45, 2.75) is 58.0 Å². The van der Waals surface area contributed by atoms with Gasteiger partial charge in [-0.25, -0.2) is 4.98 Å². The summed E-state index contributed by atoms with van der Waals surface area (Å²) in [6, 6.07) is 11.6. The Hall–Kier alpha value is -3.56. The Morgan fingerprint density at radius 2 is 1.98 bits per heavy atom. The molecule has 0 bridgehead atoms. The molecule has 3 N–H and O–H groups in total. The van der Waals surface area contributed by atoms with Crippen molar-refractivity contribution in [3.63, 3.8) is 0 Å². The van der Waals surface area contributed by atoms with E-state index < -0.39 is 5.54 Å². The van der Waals surface area contributed by atoms with Crippen molar-refractivity contribution < 1.29 is 19.1 Å². The molecular weight excluding hydrogens is 506 g/mol. The number of nitrogens with two attached hydrogens (primary N) is 1. The normalized spacial score (nSPS) is 21.9. The number of pyridine rings is 2. The number of carbonyl (C=O) groups is 2. The van der Waals surface area contributed by atoms with Crippen molar-refractivity contribution in [2.75, 3.05) is 32.7 Å². The van der Waals surface area contributed by atoms with E-state index in [2.05, 4.69) is 31.1 Å². The third kappa shape index (κ3) is 5.40. The number of nitrogens with zero attached hydrogens (tertiary/aromatic N) is 3. The van der Waals surface area contributed by atoms with Crippen LogP contribution in [-0.2, 0) is 19.9 Å². The zero-order valence-electron chi connectivity index (χ0n) is 24.0. The topological polar surface area (TPSA) is 120 Å². The van der Waals surface area contributed by atoms with Gasteiger partial charge in [0.25, 0.3) is 0 Å². The molecule has 1 saturated carbocycles. The number of methoxy groups -OCH3 is 1. The number of ether oxygens (including phenoxy) is 2. The summed E-state index contributed by atoms with van der Waals surface area (Å²) in [5.41, 5.74) is 10.9. The van der Waals surface area contributed by atoms with E-state index in [9.17, 15) is 9.59 Å². The summed E-state index contributed by atoms with van der Waals surface area (Å²) in [4.78, 5) is 36.3. The molecule has 1 aliphatic heterocycles. The van der Waals surface area contributed by atoms with Crippen LogP contribution in [-0.4, -0.2) is 53.9 Å². The molecule has 3 atom stereocenters. The van der Waals surface area contributed by atoms with Gasteiger partial charge in [-0.05, 0) is 42.0 Å². The number of hydrogen-bond donors (Lipinski definition) is 2. The Morgan fingerprint density at radius 3 is 2.58 bits per heavy atom. The van der Waals surface area contributed by atoms with Crippen molar-refractivity contribution in [3.05, 3.63) is 53.7 Å². The van der Waals surface area contributed by atoms with Crippen LogP contribution in [0.1, 0.15) is 63.6 Å². The Labute approximate surface area is 235 Å². The molecule has 3 heterocycles. The first-order chi connectivity index (χ1) is 19.0. The van der Waals surface area contributed by atoms with Crippen molar-refractivity contribution in [2.24, 2.45) is 17.1 Å². The number of benzene rings is 1. The van der Waals surface area contributed by atoms with Gasteiger partial charge >= 0.3 is 0 Å². The highest BCUT2D eigenvalue weighted by molar-refractivity contribution is 5.90. The maximum atomic E-state index is 13.3.